The van der Waals surface area contributed by atoms with Crippen LogP contribution in [-0.4, -0.2) is 47.9 Å². The van der Waals surface area contributed by atoms with Crippen molar-refractivity contribution in [2.45, 2.75) is 47.0 Å². The molecule has 2 aliphatic rings. The van der Waals surface area contributed by atoms with E-state index in [1.54, 1.807) is 0 Å². The minimum Gasteiger partial charge on any atom is -0.494 e. The highest BCUT2D eigenvalue weighted by molar-refractivity contribution is 6.35. The first kappa shape index (κ1) is 20.4. The van der Waals surface area contributed by atoms with Gasteiger partial charge in [0.2, 0.25) is 0 Å². The lowest BCUT2D eigenvalue weighted by Crippen LogP contribution is -2.40. The number of carbonyl (C=O) groups is 2. The standard InChI is InChI=1S/C23H32N2O3/c1-5-13-28-19-10-8-18(9-11-19)20-21(24-12-6-7-17(4)15-24)23(27)25(22(20)26)14-16(2)3/h8-11,16-17H,5-7,12-15H2,1-4H3. The van der Waals surface area contributed by atoms with E-state index in [0.717, 1.165) is 37.2 Å². The minimum absolute atomic E-state index is 0.144. The van der Waals surface area contributed by atoms with Crippen LogP contribution in [0.3, 0.4) is 0 Å². The molecule has 1 saturated heterocycles. The molecule has 152 valence electrons. The van der Waals surface area contributed by atoms with Crippen molar-refractivity contribution < 1.29 is 14.3 Å². The van der Waals surface area contributed by atoms with E-state index in [1.165, 1.54) is 11.3 Å². The number of benzene rings is 1. The number of rotatable bonds is 7. The van der Waals surface area contributed by atoms with E-state index in [-0.39, 0.29) is 17.7 Å². The number of hydrogen-bond donors (Lipinski definition) is 0. The monoisotopic (exact) mass is 384 g/mol. The van der Waals surface area contributed by atoms with Crippen molar-refractivity contribution in [3.63, 3.8) is 0 Å². The Hall–Kier alpha value is -2.30. The van der Waals surface area contributed by atoms with Gasteiger partial charge in [-0.3, -0.25) is 14.5 Å². The summed E-state index contributed by atoms with van der Waals surface area (Å²) in [5, 5.41) is 0. The van der Waals surface area contributed by atoms with Crippen LogP contribution in [0.25, 0.3) is 5.57 Å². The molecule has 1 unspecified atom stereocenters. The van der Waals surface area contributed by atoms with Gasteiger partial charge in [0.05, 0.1) is 12.2 Å². The summed E-state index contributed by atoms with van der Waals surface area (Å²) in [6.07, 6.45) is 3.16. The van der Waals surface area contributed by atoms with Gasteiger partial charge in [0.15, 0.2) is 0 Å². The van der Waals surface area contributed by atoms with E-state index in [0.29, 0.717) is 30.3 Å². The molecule has 5 nitrogen and oxygen atoms in total. The Balaban J connectivity index is 1.98. The average Bonchev–Trinajstić information content (AvgIpc) is 2.91. The van der Waals surface area contributed by atoms with Gasteiger partial charge in [-0.05, 0) is 48.8 Å². The van der Waals surface area contributed by atoms with E-state index in [4.69, 9.17) is 4.74 Å². The molecule has 0 saturated carbocycles. The third-order valence-corrected chi connectivity index (χ3v) is 5.28. The molecule has 1 aromatic carbocycles. The maximum atomic E-state index is 13.2. The van der Waals surface area contributed by atoms with Crippen molar-refractivity contribution in [1.82, 2.24) is 9.80 Å². The Labute approximate surface area is 168 Å². The van der Waals surface area contributed by atoms with Gasteiger partial charge in [0, 0.05) is 19.6 Å². The van der Waals surface area contributed by atoms with Crippen LogP contribution < -0.4 is 4.74 Å². The molecule has 0 spiro atoms. The summed E-state index contributed by atoms with van der Waals surface area (Å²) < 4.78 is 5.66. The third kappa shape index (κ3) is 4.23. The van der Waals surface area contributed by atoms with Crippen LogP contribution in [0.15, 0.2) is 30.0 Å². The molecule has 0 N–H and O–H groups in total. The van der Waals surface area contributed by atoms with Gasteiger partial charge in [0.25, 0.3) is 11.8 Å². The quantitative estimate of drug-likeness (QED) is 0.668. The second-order valence-electron chi connectivity index (χ2n) is 8.40. The molecule has 2 amide bonds. The molecule has 1 atom stereocenters. The second kappa shape index (κ2) is 8.80. The number of hydrogen-bond acceptors (Lipinski definition) is 4. The molecule has 0 radical (unpaired) electrons. The number of imide groups is 1. The van der Waals surface area contributed by atoms with E-state index < -0.39 is 0 Å². The highest BCUT2D eigenvalue weighted by atomic mass is 16.5. The van der Waals surface area contributed by atoms with Crippen LogP contribution in [0, 0.1) is 11.8 Å². The zero-order valence-electron chi connectivity index (χ0n) is 17.5. The van der Waals surface area contributed by atoms with Crippen molar-refractivity contribution in [3.05, 3.63) is 35.5 Å². The van der Waals surface area contributed by atoms with Crippen molar-refractivity contribution in [3.8, 4) is 5.75 Å². The fourth-order valence-electron chi connectivity index (χ4n) is 3.98. The molecule has 2 aliphatic heterocycles. The SMILES string of the molecule is CCCOc1ccc(C2=C(N3CCCC(C)C3)C(=O)N(CC(C)C)C2=O)cc1. The maximum Gasteiger partial charge on any atom is 0.277 e. The van der Waals surface area contributed by atoms with Crippen LogP contribution in [0.4, 0.5) is 0 Å². The highest BCUT2D eigenvalue weighted by Gasteiger charge is 2.42. The zero-order valence-corrected chi connectivity index (χ0v) is 17.5. The first-order valence-corrected chi connectivity index (χ1v) is 10.5. The molecule has 0 aliphatic carbocycles. The van der Waals surface area contributed by atoms with Gasteiger partial charge in [-0.15, -0.1) is 0 Å². The molecule has 1 fully saturated rings. The van der Waals surface area contributed by atoms with Crippen LogP contribution in [0.2, 0.25) is 0 Å². The first-order chi connectivity index (χ1) is 13.4. The number of ether oxygens (including phenoxy) is 1. The molecule has 0 aromatic heterocycles. The summed E-state index contributed by atoms with van der Waals surface area (Å²) in [7, 11) is 0. The number of likely N-dealkylation sites (tertiary alicyclic amines) is 1. The molecule has 5 heteroatoms. The van der Waals surface area contributed by atoms with Crippen molar-refractivity contribution in [2.75, 3.05) is 26.2 Å². The van der Waals surface area contributed by atoms with Crippen LogP contribution >= 0.6 is 0 Å². The number of piperidine rings is 1. The lowest BCUT2D eigenvalue weighted by Gasteiger charge is -2.33. The zero-order chi connectivity index (χ0) is 20.3. The number of amides is 2. The molecular weight excluding hydrogens is 352 g/mol. The van der Waals surface area contributed by atoms with E-state index in [1.807, 2.05) is 38.1 Å². The van der Waals surface area contributed by atoms with E-state index >= 15 is 0 Å². The lowest BCUT2D eigenvalue weighted by molar-refractivity contribution is -0.138. The predicted molar refractivity (Wildman–Crippen MR) is 111 cm³/mol. The van der Waals surface area contributed by atoms with Gasteiger partial charge < -0.3 is 9.64 Å². The summed E-state index contributed by atoms with van der Waals surface area (Å²) in [5.74, 6) is 1.23. The summed E-state index contributed by atoms with van der Waals surface area (Å²) in [6.45, 7) is 11.1. The summed E-state index contributed by atoms with van der Waals surface area (Å²) >= 11 is 0. The topological polar surface area (TPSA) is 49.9 Å². The lowest BCUT2D eigenvalue weighted by atomic mass is 9.97. The first-order valence-electron chi connectivity index (χ1n) is 10.5. The fourth-order valence-corrected chi connectivity index (χ4v) is 3.98. The second-order valence-corrected chi connectivity index (χ2v) is 8.40. The summed E-state index contributed by atoms with van der Waals surface area (Å²) in [5.41, 5.74) is 1.92. The molecule has 28 heavy (non-hydrogen) atoms. The van der Waals surface area contributed by atoms with Crippen molar-refractivity contribution >= 4 is 17.4 Å². The number of carbonyl (C=O) groups excluding carboxylic acids is 2. The predicted octanol–water partition coefficient (Wildman–Crippen LogP) is 3.94. The Bertz CT molecular complexity index is 752. The summed E-state index contributed by atoms with van der Waals surface area (Å²) in [6, 6.07) is 7.57. The normalized spacial score (nSPS) is 20.5. The smallest absolute Gasteiger partial charge is 0.277 e. The van der Waals surface area contributed by atoms with Crippen LogP contribution in [0.1, 0.15) is 52.5 Å². The van der Waals surface area contributed by atoms with Crippen molar-refractivity contribution in [2.24, 2.45) is 11.8 Å². The molecule has 1 aromatic rings. The molecular formula is C23H32N2O3. The van der Waals surface area contributed by atoms with E-state index in [2.05, 4.69) is 18.7 Å². The maximum absolute atomic E-state index is 13.2. The van der Waals surface area contributed by atoms with Crippen molar-refractivity contribution in [1.29, 1.82) is 0 Å². The van der Waals surface area contributed by atoms with Gasteiger partial charge in [-0.25, -0.2) is 0 Å². The Kier molecular flexibility index (Phi) is 6.42. The Morgan fingerprint density at radius 1 is 1.14 bits per heavy atom. The molecule has 0 bridgehead atoms. The van der Waals surface area contributed by atoms with Gasteiger partial charge >= 0.3 is 0 Å². The van der Waals surface area contributed by atoms with Gasteiger partial charge in [0.1, 0.15) is 11.4 Å². The Morgan fingerprint density at radius 2 is 1.86 bits per heavy atom. The number of nitrogens with zero attached hydrogens (tertiary/aromatic N) is 2. The van der Waals surface area contributed by atoms with Gasteiger partial charge in [-0.1, -0.05) is 39.8 Å². The molecule has 2 heterocycles. The highest BCUT2D eigenvalue weighted by Crippen LogP contribution is 2.34. The Morgan fingerprint density at radius 3 is 2.46 bits per heavy atom. The van der Waals surface area contributed by atoms with Crippen LogP contribution in [0.5, 0.6) is 5.75 Å². The average molecular weight is 385 g/mol. The van der Waals surface area contributed by atoms with Gasteiger partial charge in [-0.2, -0.15) is 0 Å². The van der Waals surface area contributed by atoms with Crippen LogP contribution in [-0.2, 0) is 9.59 Å². The van der Waals surface area contributed by atoms with E-state index in [9.17, 15) is 9.59 Å². The fraction of sp³-hybridized carbons (Fsp3) is 0.565. The minimum atomic E-state index is -0.172. The third-order valence-electron chi connectivity index (χ3n) is 5.28. The summed E-state index contributed by atoms with van der Waals surface area (Å²) in [4.78, 5) is 30.0. The largest absolute Gasteiger partial charge is 0.494 e. The molecule has 3 rings (SSSR count).